The van der Waals surface area contributed by atoms with Gasteiger partial charge >= 0.3 is 0 Å². The molecule has 15 heavy (non-hydrogen) atoms. The monoisotopic (exact) mass is 242 g/mol. The Morgan fingerprint density at radius 3 is 3.00 bits per heavy atom. The maximum atomic E-state index is 6.28. The Kier molecular flexibility index (Phi) is 4.52. The third-order valence-corrected chi connectivity index (χ3v) is 4.68. The minimum atomic E-state index is 0.445. The summed E-state index contributed by atoms with van der Waals surface area (Å²) in [6, 6.07) is 4.40. The molecule has 1 aromatic heterocycles. The van der Waals surface area contributed by atoms with Gasteiger partial charge < -0.3 is 0 Å². The van der Waals surface area contributed by atoms with Crippen LogP contribution in [-0.4, -0.2) is 5.38 Å². The van der Waals surface area contributed by atoms with E-state index in [1.54, 1.807) is 0 Å². The predicted octanol–water partition coefficient (Wildman–Crippen LogP) is 4.87. The molecular weight excluding hydrogens is 224 g/mol. The van der Waals surface area contributed by atoms with E-state index in [0.29, 0.717) is 5.38 Å². The van der Waals surface area contributed by atoms with E-state index in [-0.39, 0.29) is 0 Å². The van der Waals surface area contributed by atoms with Crippen molar-refractivity contribution in [1.29, 1.82) is 0 Å². The first-order chi connectivity index (χ1) is 7.34. The van der Waals surface area contributed by atoms with Gasteiger partial charge in [0, 0.05) is 10.3 Å². The van der Waals surface area contributed by atoms with Crippen molar-refractivity contribution in [3.63, 3.8) is 0 Å². The molecule has 0 aliphatic heterocycles. The molecule has 0 N–H and O–H groups in total. The van der Waals surface area contributed by atoms with Crippen LogP contribution in [-0.2, 0) is 6.42 Å². The predicted molar refractivity (Wildman–Crippen MR) is 68.9 cm³/mol. The van der Waals surface area contributed by atoms with Gasteiger partial charge in [-0.15, -0.1) is 22.9 Å². The first-order valence-electron chi connectivity index (χ1n) is 6.01. The number of aryl methyl sites for hydroxylation is 1. The van der Waals surface area contributed by atoms with Crippen LogP contribution < -0.4 is 0 Å². The summed E-state index contributed by atoms with van der Waals surface area (Å²) in [5.74, 6) is 0.872. The number of rotatable bonds is 3. The Hall–Kier alpha value is -0.0100. The first kappa shape index (κ1) is 11.5. The molecule has 0 radical (unpaired) electrons. The molecule has 0 bridgehead atoms. The van der Waals surface area contributed by atoms with E-state index < -0.39 is 0 Å². The largest absolute Gasteiger partial charge is 0.149 e. The van der Waals surface area contributed by atoms with E-state index in [4.69, 9.17) is 11.6 Å². The molecule has 0 saturated heterocycles. The summed E-state index contributed by atoms with van der Waals surface area (Å²) in [5.41, 5.74) is 0. The standard InChI is InChI=1S/C13H19ClS/c14-12-5-2-1-4-11(10-12)7-8-13-6-3-9-15-13/h3,6,9,11-12H,1-2,4-5,7-8,10H2. The first-order valence-corrected chi connectivity index (χ1v) is 7.32. The molecule has 2 rings (SSSR count). The molecule has 84 valence electrons. The lowest BCUT2D eigenvalue weighted by atomic mass is 9.94. The van der Waals surface area contributed by atoms with E-state index >= 15 is 0 Å². The van der Waals surface area contributed by atoms with Crippen molar-refractivity contribution >= 4 is 22.9 Å². The summed E-state index contributed by atoms with van der Waals surface area (Å²) in [5, 5.41) is 2.62. The van der Waals surface area contributed by atoms with Crippen molar-refractivity contribution in [3.05, 3.63) is 22.4 Å². The van der Waals surface area contributed by atoms with Gasteiger partial charge in [0.2, 0.25) is 0 Å². The Morgan fingerprint density at radius 1 is 1.33 bits per heavy atom. The number of hydrogen-bond donors (Lipinski definition) is 0. The van der Waals surface area contributed by atoms with E-state index in [1.165, 1.54) is 49.8 Å². The average molecular weight is 243 g/mol. The molecule has 1 saturated carbocycles. The minimum absolute atomic E-state index is 0.445. The van der Waals surface area contributed by atoms with Crippen LogP contribution in [0.25, 0.3) is 0 Å². The summed E-state index contributed by atoms with van der Waals surface area (Å²) in [6.07, 6.45) is 9.19. The molecule has 1 heterocycles. The molecular formula is C13H19ClS. The van der Waals surface area contributed by atoms with Crippen LogP contribution in [0.4, 0.5) is 0 Å². The van der Waals surface area contributed by atoms with Crippen molar-refractivity contribution in [2.24, 2.45) is 5.92 Å². The third kappa shape index (κ3) is 3.81. The number of alkyl halides is 1. The van der Waals surface area contributed by atoms with E-state index in [0.717, 1.165) is 5.92 Å². The summed E-state index contributed by atoms with van der Waals surface area (Å²) in [6.45, 7) is 0. The molecule has 0 nitrogen and oxygen atoms in total. The molecule has 1 aliphatic carbocycles. The highest BCUT2D eigenvalue weighted by molar-refractivity contribution is 7.09. The summed E-state index contributed by atoms with van der Waals surface area (Å²) in [4.78, 5) is 1.53. The second kappa shape index (κ2) is 5.91. The molecule has 2 heteroatoms. The zero-order chi connectivity index (χ0) is 10.5. The molecule has 0 aromatic carbocycles. The highest BCUT2D eigenvalue weighted by Crippen LogP contribution is 2.30. The zero-order valence-electron chi connectivity index (χ0n) is 9.12. The quantitative estimate of drug-likeness (QED) is 0.524. The van der Waals surface area contributed by atoms with Crippen LogP contribution in [0.3, 0.4) is 0 Å². The lowest BCUT2D eigenvalue weighted by Gasteiger charge is -2.15. The van der Waals surface area contributed by atoms with Crippen LogP contribution in [0.15, 0.2) is 17.5 Å². The topological polar surface area (TPSA) is 0 Å². The van der Waals surface area contributed by atoms with Gasteiger partial charge in [-0.05, 0) is 43.0 Å². The molecule has 2 atom stereocenters. The Morgan fingerprint density at radius 2 is 2.20 bits per heavy atom. The van der Waals surface area contributed by atoms with Gasteiger partial charge in [0.1, 0.15) is 0 Å². The SMILES string of the molecule is ClC1CCCCC(CCc2cccs2)C1. The maximum absolute atomic E-state index is 6.28. The van der Waals surface area contributed by atoms with Gasteiger partial charge in [-0.25, -0.2) is 0 Å². The minimum Gasteiger partial charge on any atom is -0.149 e. The number of thiophene rings is 1. The van der Waals surface area contributed by atoms with Crippen molar-refractivity contribution in [2.75, 3.05) is 0 Å². The van der Waals surface area contributed by atoms with Crippen LogP contribution >= 0.6 is 22.9 Å². The summed E-state index contributed by atoms with van der Waals surface area (Å²) in [7, 11) is 0. The van der Waals surface area contributed by atoms with E-state index in [9.17, 15) is 0 Å². The fraction of sp³-hybridized carbons (Fsp3) is 0.692. The zero-order valence-corrected chi connectivity index (χ0v) is 10.7. The van der Waals surface area contributed by atoms with Crippen LogP contribution in [0.5, 0.6) is 0 Å². The highest BCUT2D eigenvalue weighted by Gasteiger charge is 2.18. The van der Waals surface area contributed by atoms with Gasteiger partial charge in [-0.2, -0.15) is 0 Å². The highest BCUT2D eigenvalue weighted by atomic mass is 35.5. The van der Waals surface area contributed by atoms with Gasteiger partial charge in [-0.3, -0.25) is 0 Å². The van der Waals surface area contributed by atoms with E-state index in [2.05, 4.69) is 17.5 Å². The van der Waals surface area contributed by atoms with Gasteiger partial charge in [0.15, 0.2) is 0 Å². The third-order valence-electron chi connectivity index (χ3n) is 3.35. The number of hydrogen-bond acceptors (Lipinski definition) is 1. The Labute approximate surface area is 102 Å². The number of halogens is 1. The normalized spacial score (nSPS) is 27.5. The summed E-state index contributed by atoms with van der Waals surface area (Å²) >= 11 is 8.16. The second-order valence-electron chi connectivity index (χ2n) is 4.60. The molecule has 2 unspecified atom stereocenters. The Bertz CT molecular complexity index is 268. The smallest absolute Gasteiger partial charge is 0.0338 e. The average Bonchev–Trinajstić information content (AvgIpc) is 2.65. The molecule has 0 spiro atoms. The molecule has 1 fully saturated rings. The van der Waals surface area contributed by atoms with E-state index in [1.807, 2.05) is 11.3 Å². The fourth-order valence-corrected chi connectivity index (χ4v) is 3.59. The Balaban J connectivity index is 1.78. The molecule has 0 amide bonds. The van der Waals surface area contributed by atoms with Gasteiger partial charge in [0.05, 0.1) is 0 Å². The van der Waals surface area contributed by atoms with Gasteiger partial charge in [0.25, 0.3) is 0 Å². The summed E-state index contributed by atoms with van der Waals surface area (Å²) < 4.78 is 0. The van der Waals surface area contributed by atoms with Gasteiger partial charge in [-0.1, -0.05) is 25.3 Å². The fourth-order valence-electron chi connectivity index (χ4n) is 2.46. The maximum Gasteiger partial charge on any atom is 0.0338 e. The van der Waals surface area contributed by atoms with Crippen LogP contribution in [0, 0.1) is 5.92 Å². The molecule has 1 aromatic rings. The van der Waals surface area contributed by atoms with Crippen molar-refractivity contribution in [1.82, 2.24) is 0 Å². The van der Waals surface area contributed by atoms with Crippen molar-refractivity contribution in [2.45, 2.75) is 50.3 Å². The lowest BCUT2D eigenvalue weighted by molar-refractivity contribution is 0.432. The molecule has 1 aliphatic rings. The van der Waals surface area contributed by atoms with Crippen LogP contribution in [0.1, 0.15) is 43.4 Å². The van der Waals surface area contributed by atoms with Crippen LogP contribution in [0.2, 0.25) is 0 Å². The van der Waals surface area contributed by atoms with Crippen molar-refractivity contribution in [3.8, 4) is 0 Å². The van der Waals surface area contributed by atoms with Crippen molar-refractivity contribution < 1.29 is 0 Å². The lowest BCUT2D eigenvalue weighted by Crippen LogP contribution is -2.06. The second-order valence-corrected chi connectivity index (χ2v) is 6.25.